The molecule has 0 atom stereocenters. The molecule has 2 aromatic carbocycles. The Hall–Kier alpha value is -2.86. The average molecular weight is 324 g/mol. The van der Waals surface area contributed by atoms with E-state index in [0.29, 0.717) is 18.2 Å². The van der Waals surface area contributed by atoms with Crippen LogP contribution in [0.4, 0.5) is 17.5 Å². The van der Waals surface area contributed by atoms with Crippen LogP contribution in [-0.4, -0.2) is 35.3 Å². The van der Waals surface area contributed by atoms with Crippen LogP contribution in [0.5, 0.6) is 5.75 Å². The van der Waals surface area contributed by atoms with Gasteiger partial charge in [-0.3, -0.25) is 0 Å². The molecule has 6 nitrogen and oxygen atoms in total. The topological polar surface area (TPSA) is 79.3 Å². The molecule has 0 fully saturated rings. The van der Waals surface area contributed by atoms with Crippen molar-refractivity contribution in [3.8, 4) is 5.75 Å². The summed E-state index contributed by atoms with van der Waals surface area (Å²) in [6.45, 7) is 1.45. The normalized spacial score (nSPS) is 10.7. The van der Waals surface area contributed by atoms with Crippen LogP contribution in [0.2, 0.25) is 0 Å². The maximum absolute atomic E-state index is 9.91. The molecule has 0 aliphatic carbocycles. The first-order valence-electron chi connectivity index (χ1n) is 7.82. The highest BCUT2D eigenvalue weighted by atomic mass is 16.5. The van der Waals surface area contributed by atoms with E-state index in [0.717, 1.165) is 29.7 Å². The third kappa shape index (κ3) is 3.72. The minimum atomic E-state index is 0.156. The summed E-state index contributed by atoms with van der Waals surface area (Å²) in [7, 11) is 1.69. The van der Waals surface area contributed by atoms with E-state index in [-0.39, 0.29) is 5.75 Å². The van der Waals surface area contributed by atoms with Crippen molar-refractivity contribution in [3.63, 3.8) is 0 Å². The van der Waals surface area contributed by atoms with Gasteiger partial charge in [0.25, 0.3) is 0 Å². The van der Waals surface area contributed by atoms with Gasteiger partial charge in [0.1, 0.15) is 11.6 Å². The van der Waals surface area contributed by atoms with Gasteiger partial charge in [0.2, 0.25) is 5.95 Å². The molecule has 6 heteroatoms. The number of hydrogen-bond donors (Lipinski definition) is 3. The highest BCUT2D eigenvalue weighted by molar-refractivity contribution is 5.90. The van der Waals surface area contributed by atoms with Crippen molar-refractivity contribution in [3.05, 3.63) is 48.5 Å². The SMILES string of the molecule is COCCCNc1nc(Nc2ccccc2O)nc2ccccc12. The fraction of sp³-hybridized carbons (Fsp3) is 0.222. The van der Waals surface area contributed by atoms with E-state index in [1.54, 1.807) is 25.3 Å². The summed E-state index contributed by atoms with van der Waals surface area (Å²) in [5.74, 6) is 1.35. The third-order valence-corrected chi connectivity index (χ3v) is 3.57. The quantitative estimate of drug-likeness (QED) is 0.456. The number of aromatic hydroxyl groups is 1. The molecule has 0 saturated carbocycles. The number of ether oxygens (including phenoxy) is 1. The number of phenols is 1. The summed E-state index contributed by atoms with van der Waals surface area (Å²) >= 11 is 0. The van der Waals surface area contributed by atoms with Gasteiger partial charge in [-0.2, -0.15) is 4.98 Å². The van der Waals surface area contributed by atoms with Crippen LogP contribution in [0.1, 0.15) is 6.42 Å². The minimum absolute atomic E-state index is 0.156. The van der Waals surface area contributed by atoms with Crippen LogP contribution in [0.15, 0.2) is 48.5 Å². The van der Waals surface area contributed by atoms with E-state index in [1.165, 1.54) is 0 Å². The summed E-state index contributed by atoms with van der Waals surface area (Å²) in [6.07, 6.45) is 0.886. The third-order valence-electron chi connectivity index (χ3n) is 3.57. The molecule has 24 heavy (non-hydrogen) atoms. The first-order chi connectivity index (χ1) is 11.8. The Bertz CT molecular complexity index is 823. The summed E-state index contributed by atoms with van der Waals surface area (Å²) in [5.41, 5.74) is 1.40. The van der Waals surface area contributed by atoms with Crippen molar-refractivity contribution in [1.29, 1.82) is 0 Å². The average Bonchev–Trinajstić information content (AvgIpc) is 2.60. The van der Waals surface area contributed by atoms with Gasteiger partial charge in [0.05, 0.1) is 11.2 Å². The molecule has 124 valence electrons. The summed E-state index contributed by atoms with van der Waals surface area (Å²) < 4.78 is 5.07. The second-order valence-electron chi connectivity index (χ2n) is 5.33. The van der Waals surface area contributed by atoms with Crippen molar-refractivity contribution < 1.29 is 9.84 Å². The van der Waals surface area contributed by atoms with Crippen molar-refractivity contribution in [2.75, 3.05) is 30.9 Å². The zero-order valence-electron chi connectivity index (χ0n) is 13.5. The maximum atomic E-state index is 9.91. The van der Waals surface area contributed by atoms with Gasteiger partial charge in [-0.05, 0) is 30.7 Å². The van der Waals surface area contributed by atoms with E-state index in [2.05, 4.69) is 20.6 Å². The molecule has 3 rings (SSSR count). The molecule has 1 aromatic heterocycles. The number of hydrogen-bond acceptors (Lipinski definition) is 6. The van der Waals surface area contributed by atoms with E-state index in [9.17, 15) is 5.11 Å². The summed E-state index contributed by atoms with van der Waals surface area (Å²) in [5, 5.41) is 17.3. The molecule has 0 aliphatic rings. The monoisotopic (exact) mass is 324 g/mol. The number of phenolic OH excluding ortho intramolecular Hbond substituents is 1. The van der Waals surface area contributed by atoms with Crippen LogP contribution in [0.25, 0.3) is 10.9 Å². The lowest BCUT2D eigenvalue weighted by atomic mass is 10.2. The van der Waals surface area contributed by atoms with Crippen LogP contribution >= 0.6 is 0 Å². The standard InChI is InChI=1S/C18H20N4O2/c1-24-12-6-11-19-17-13-7-2-3-8-14(13)20-18(22-17)21-15-9-4-5-10-16(15)23/h2-5,7-10,23H,6,11-12H2,1H3,(H2,19,20,21,22). The van der Waals surface area contributed by atoms with E-state index in [1.807, 2.05) is 30.3 Å². The van der Waals surface area contributed by atoms with Crippen molar-refractivity contribution in [1.82, 2.24) is 9.97 Å². The Balaban J connectivity index is 1.89. The molecular formula is C18H20N4O2. The van der Waals surface area contributed by atoms with Crippen LogP contribution in [0, 0.1) is 0 Å². The Kier molecular flexibility index (Phi) is 5.08. The molecule has 3 aromatic rings. The van der Waals surface area contributed by atoms with Crippen LogP contribution in [0.3, 0.4) is 0 Å². The second kappa shape index (κ2) is 7.61. The predicted molar refractivity (Wildman–Crippen MR) is 95.9 cm³/mol. The minimum Gasteiger partial charge on any atom is -0.506 e. The number of benzene rings is 2. The second-order valence-corrected chi connectivity index (χ2v) is 5.33. The summed E-state index contributed by atoms with van der Waals surface area (Å²) in [6, 6.07) is 14.8. The lowest BCUT2D eigenvalue weighted by Gasteiger charge is -2.12. The number of fused-ring (bicyclic) bond motifs is 1. The number of nitrogens with one attached hydrogen (secondary N) is 2. The number of rotatable bonds is 7. The largest absolute Gasteiger partial charge is 0.506 e. The molecule has 0 bridgehead atoms. The number of nitrogens with zero attached hydrogens (tertiary/aromatic N) is 2. The molecule has 0 saturated heterocycles. The molecule has 0 spiro atoms. The van der Waals surface area contributed by atoms with Gasteiger partial charge in [0, 0.05) is 25.6 Å². The lowest BCUT2D eigenvalue weighted by molar-refractivity contribution is 0.198. The molecule has 3 N–H and O–H groups in total. The Morgan fingerprint density at radius 2 is 1.83 bits per heavy atom. The zero-order valence-corrected chi connectivity index (χ0v) is 13.5. The Morgan fingerprint density at radius 3 is 2.67 bits per heavy atom. The highest BCUT2D eigenvalue weighted by Crippen LogP contribution is 2.27. The van der Waals surface area contributed by atoms with Gasteiger partial charge < -0.3 is 20.5 Å². The lowest BCUT2D eigenvalue weighted by Crippen LogP contribution is -2.08. The number of aromatic nitrogens is 2. The number of methoxy groups -OCH3 is 1. The molecule has 0 aliphatic heterocycles. The summed E-state index contributed by atoms with van der Waals surface area (Å²) in [4.78, 5) is 9.07. The Labute approximate surface area is 140 Å². The fourth-order valence-corrected chi connectivity index (χ4v) is 2.39. The number of para-hydroxylation sites is 3. The van der Waals surface area contributed by atoms with Crippen LogP contribution in [-0.2, 0) is 4.74 Å². The van der Waals surface area contributed by atoms with Crippen molar-refractivity contribution >= 4 is 28.4 Å². The molecule has 0 unspecified atom stereocenters. The van der Waals surface area contributed by atoms with E-state index >= 15 is 0 Å². The van der Waals surface area contributed by atoms with Crippen molar-refractivity contribution in [2.45, 2.75) is 6.42 Å². The first kappa shape index (κ1) is 16.0. The van der Waals surface area contributed by atoms with E-state index < -0.39 is 0 Å². The number of anilines is 3. The van der Waals surface area contributed by atoms with Crippen LogP contribution < -0.4 is 10.6 Å². The highest BCUT2D eigenvalue weighted by Gasteiger charge is 2.09. The predicted octanol–water partition coefficient (Wildman–Crippen LogP) is 3.53. The van der Waals surface area contributed by atoms with Gasteiger partial charge in [-0.1, -0.05) is 24.3 Å². The smallest absolute Gasteiger partial charge is 0.229 e. The van der Waals surface area contributed by atoms with Gasteiger partial charge in [-0.25, -0.2) is 4.98 Å². The zero-order chi connectivity index (χ0) is 16.8. The molecule has 0 amide bonds. The molecule has 1 heterocycles. The first-order valence-corrected chi connectivity index (χ1v) is 7.82. The van der Waals surface area contributed by atoms with Gasteiger partial charge in [-0.15, -0.1) is 0 Å². The fourth-order valence-electron chi connectivity index (χ4n) is 2.39. The van der Waals surface area contributed by atoms with Crippen molar-refractivity contribution in [2.24, 2.45) is 0 Å². The van der Waals surface area contributed by atoms with E-state index in [4.69, 9.17) is 4.74 Å². The maximum Gasteiger partial charge on any atom is 0.229 e. The Morgan fingerprint density at radius 1 is 1.04 bits per heavy atom. The van der Waals surface area contributed by atoms with Gasteiger partial charge >= 0.3 is 0 Å². The molecular weight excluding hydrogens is 304 g/mol. The molecule has 0 radical (unpaired) electrons. The van der Waals surface area contributed by atoms with Gasteiger partial charge in [0.15, 0.2) is 0 Å².